The van der Waals surface area contributed by atoms with Gasteiger partial charge in [-0.25, -0.2) is 0 Å². The highest BCUT2D eigenvalue weighted by Crippen LogP contribution is 2.28. The van der Waals surface area contributed by atoms with E-state index in [0.29, 0.717) is 9.90 Å². The van der Waals surface area contributed by atoms with E-state index in [1.54, 1.807) is 31.2 Å². The molecule has 0 aliphatic heterocycles. The molecule has 1 atom stereocenters. The summed E-state index contributed by atoms with van der Waals surface area (Å²) < 4.78 is 0.693. The highest BCUT2D eigenvalue weighted by molar-refractivity contribution is 8.02. The van der Waals surface area contributed by atoms with Crippen molar-refractivity contribution in [3.8, 4) is 0 Å². The van der Waals surface area contributed by atoms with Crippen molar-refractivity contribution >= 4 is 40.0 Å². The molecule has 7 nitrogen and oxygen atoms in total. The number of hydrogen-bond acceptors (Lipinski definition) is 7. The summed E-state index contributed by atoms with van der Waals surface area (Å²) in [5.74, 6) is -0.666. The smallest absolute Gasteiger partial charge is 0.269 e. The topological polar surface area (TPSA) is 96.0 Å². The van der Waals surface area contributed by atoms with Gasteiger partial charge < -0.3 is 5.32 Å². The number of hydrogen-bond donors (Lipinski definition) is 3. The summed E-state index contributed by atoms with van der Waals surface area (Å²) >= 11 is 2.67. The molecule has 122 valence electrons. The largest absolute Gasteiger partial charge is 0.360 e. The predicted molar refractivity (Wildman–Crippen MR) is 91.4 cm³/mol. The first-order valence-corrected chi connectivity index (χ1v) is 8.69. The first-order valence-electron chi connectivity index (χ1n) is 6.99. The van der Waals surface area contributed by atoms with Crippen LogP contribution in [0.25, 0.3) is 0 Å². The second-order valence-electron chi connectivity index (χ2n) is 4.47. The van der Waals surface area contributed by atoms with Crippen molar-refractivity contribution in [1.82, 2.24) is 21.0 Å². The fourth-order valence-corrected chi connectivity index (χ4v) is 3.53. The third-order valence-corrected chi connectivity index (χ3v) is 4.78. The Bertz CT molecular complexity index is 662. The zero-order chi connectivity index (χ0) is 16.7. The van der Waals surface area contributed by atoms with E-state index >= 15 is 0 Å². The number of rotatable bonds is 6. The molecule has 2 amide bonds. The van der Waals surface area contributed by atoms with E-state index in [2.05, 4.69) is 26.4 Å². The Hall–Kier alpha value is -2.13. The number of nitrogens with one attached hydrogen (secondary N) is 3. The summed E-state index contributed by atoms with van der Waals surface area (Å²) in [5, 5.41) is 11.3. The normalized spacial score (nSPS) is 11.6. The number of carbonyl (C=O) groups is 2. The van der Waals surface area contributed by atoms with Crippen LogP contribution in [0.3, 0.4) is 0 Å². The lowest BCUT2D eigenvalue weighted by atomic mass is 10.2. The molecule has 0 unspecified atom stereocenters. The van der Waals surface area contributed by atoms with E-state index in [9.17, 15) is 9.59 Å². The second-order valence-corrected chi connectivity index (χ2v) is 7.04. The molecule has 0 spiro atoms. The highest BCUT2D eigenvalue weighted by Gasteiger charge is 2.18. The van der Waals surface area contributed by atoms with Crippen molar-refractivity contribution in [1.29, 1.82) is 0 Å². The average Bonchev–Trinajstić information content (AvgIpc) is 3.00. The Morgan fingerprint density at radius 2 is 1.96 bits per heavy atom. The molecule has 0 bridgehead atoms. The second kappa shape index (κ2) is 8.49. The monoisotopic (exact) mass is 351 g/mol. The Balaban J connectivity index is 1.81. The average molecular weight is 351 g/mol. The van der Waals surface area contributed by atoms with Crippen molar-refractivity contribution in [3.63, 3.8) is 0 Å². The van der Waals surface area contributed by atoms with Crippen molar-refractivity contribution in [2.24, 2.45) is 0 Å². The van der Waals surface area contributed by atoms with Crippen molar-refractivity contribution < 1.29 is 9.59 Å². The van der Waals surface area contributed by atoms with E-state index in [-0.39, 0.29) is 11.8 Å². The van der Waals surface area contributed by atoms with Crippen LogP contribution in [0.4, 0.5) is 5.13 Å². The van der Waals surface area contributed by atoms with Gasteiger partial charge in [-0.3, -0.25) is 20.4 Å². The molecule has 0 aliphatic carbocycles. The van der Waals surface area contributed by atoms with Gasteiger partial charge in [0.15, 0.2) is 4.34 Å². The Morgan fingerprint density at radius 3 is 2.65 bits per heavy atom. The van der Waals surface area contributed by atoms with Gasteiger partial charge in [0.1, 0.15) is 0 Å². The molecule has 0 fully saturated rings. The number of anilines is 1. The molecular weight excluding hydrogens is 334 g/mol. The number of hydrazine groups is 1. The summed E-state index contributed by atoms with van der Waals surface area (Å²) in [6, 6.07) is 8.67. The van der Waals surface area contributed by atoms with Gasteiger partial charge in [-0.05, 0) is 26.0 Å². The summed E-state index contributed by atoms with van der Waals surface area (Å²) in [4.78, 5) is 23.9. The minimum Gasteiger partial charge on any atom is -0.360 e. The van der Waals surface area contributed by atoms with Crippen LogP contribution < -0.4 is 16.2 Å². The molecule has 0 aliphatic rings. The standard InChI is InChI=1S/C14H17N5O2S2/c1-3-15-13-18-19-14(23-13)22-9(2)11(20)16-17-12(21)10-7-5-4-6-8-10/h4-9H,3H2,1-2H3,(H,15,18)(H,16,20)(H,17,21)/t9-/m0/s1. The number of benzene rings is 1. The number of carbonyl (C=O) groups excluding carboxylic acids is 2. The van der Waals surface area contributed by atoms with E-state index in [1.807, 2.05) is 13.0 Å². The van der Waals surface area contributed by atoms with Gasteiger partial charge in [-0.15, -0.1) is 10.2 Å². The zero-order valence-electron chi connectivity index (χ0n) is 12.7. The summed E-state index contributed by atoms with van der Waals surface area (Å²) in [7, 11) is 0. The number of thioether (sulfide) groups is 1. The van der Waals surface area contributed by atoms with Gasteiger partial charge in [0, 0.05) is 12.1 Å². The maximum absolute atomic E-state index is 12.0. The summed E-state index contributed by atoms with van der Waals surface area (Å²) in [5.41, 5.74) is 5.29. The third-order valence-electron chi connectivity index (χ3n) is 2.72. The number of aromatic nitrogens is 2. The molecule has 0 radical (unpaired) electrons. The van der Waals surface area contributed by atoms with Crippen LogP contribution in [-0.2, 0) is 4.79 Å². The van der Waals surface area contributed by atoms with Crippen molar-refractivity contribution in [3.05, 3.63) is 35.9 Å². The molecule has 1 aromatic heterocycles. The van der Waals surface area contributed by atoms with Crippen LogP contribution >= 0.6 is 23.1 Å². The Morgan fingerprint density at radius 1 is 1.22 bits per heavy atom. The van der Waals surface area contributed by atoms with E-state index in [1.165, 1.54) is 23.1 Å². The maximum Gasteiger partial charge on any atom is 0.269 e. The van der Waals surface area contributed by atoms with Gasteiger partial charge in [-0.1, -0.05) is 41.3 Å². The SMILES string of the molecule is CCNc1nnc(S[C@@H](C)C(=O)NNC(=O)c2ccccc2)s1. The van der Waals surface area contributed by atoms with Crippen LogP contribution in [0.15, 0.2) is 34.7 Å². The fourth-order valence-electron chi connectivity index (χ4n) is 1.57. The molecule has 3 N–H and O–H groups in total. The molecule has 9 heteroatoms. The molecule has 1 aromatic carbocycles. The van der Waals surface area contributed by atoms with E-state index in [0.717, 1.165) is 11.7 Å². The van der Waals surface area contributed by atoms with Gasteiger partial charge >= 0.3 is 0 Å². The predicted octanol–water partition coefficient (Wildman–Crippen LogP) is 1.91. The van der Waals surface area contributed by atoms with E-state index < -0.39 is 5.25 Å². The zero-order valence-corrected chi connectivity index (χ0v) is 14.3. The first kappa shape index (κ1) is 17.2. The van der Waals surface area contributed by atoms with Crippen LogP contribution in [0.2, 0.25) is 0 Å². The highest BCUT2D eigenvalue weighted by atomic mass is 32.2. The molecular formula is C14H17N5O2S2. The van der Waals surface area contributed by atoms with Gasteiger partial charge in [-0.2, -0.15) is 0 Å². The number of amides is 2. The van der Waals surface area contributed by atoms with Crippen LogP contribution in [0.5, 0.6) is 0 Å². The van der Waals surface area contributed by atoms with Crippen molar-refractivity contribution in [2.75, 3.05) is 11.9 Å². The molecule has 0 saturated carbocycles. The van der Waals surface area contributed by atoms with Crippen LogP contribution in [0, 0.1) is 0 Å². The minimum atomic E-state index is -0.409. The molecule has 2 aromatic rings. The molecule has 1 heterocycles. The lowest BCUT2D eigenvalue weighted by Crippen LogP contribution is -2.44. The van der Waals surface area contributed by atoms with Crippen molar-refractivity contribution in [2.45, 2.75) is 23.4 Å². The lowest BCUT2D eigenvalue weighted by Gasteiger charge is -2.11. The minimum absolute atomic E-state index is 0.306. The molecule has 2 rings (SSSR count). The van der Waals surface area contributed by atoms with E-state index in [4.69, 9.17) is 0 Å². The van der Waals surface area contributed by atoms with Crippen LogP contribution in [0.1, 0.15) is 24.2 Å². The van der Waals surface area contributed by atoms with Gasteiger partial charge in [0.25, 0.3) is 11.8 Å². The number of nitrogens with zero attached hydrogens (tertiary/aromatic N) is 2. The molecule has 23 heavy (non-hydrogen) atoms. The lowest BCUT2D eigenvalue weighted by molar-refractivity contribution is -0.121. The van der Waals surface area contributed by atoms with Gasteiger partial charge in [0.05, 0.1) is 5.25 Å². The Kier molecular flexibility index (Phi) is 6.36. The van der Waals surface area contributed by atoms with Crippen LogP contribution in [-0.4, -0.2) is 33.8 Å². The maximum atomic E-state index is 12.0. The summed E-state index contributed by atoms with van der Waals surface area (Å²) in [6.45, 7) is 4.48. The molecule has 0 saturated heterocycles. The first-order chi connectivity index (χ1) is 11.1. The quantitative estimate of drug-likeness (QED) is 0.543. The van der Waals surface area contributed by atoms with Gasteiger partial charge in [0.2, 0.25) is 5.13 Å². The Labute approximate surface area is 142 Å². The third kappa shape index (κ3) is 5.22. The summed E-state index contributed by atoms with van der Waals surface area (Å²) in [6.07, 6.45) is 0. The fraction of sp³-hybridized carbons (Fsp3) is 0.286.